The molecule has 28 heavy (non-hydrogen) atoms. The van der Waals surface area contributed by atoms with Crippen LogP contribution in [-0.2, 0) is 4.79 Å². The number of aliphatic carboxylic acids is 1. The van der Waals surface area contributed by atoms with E-state index in [1.54, 1.807) is 0 Å². The van der Waals surface area contributed by atoms with Crippen molar-refractivity contribution >= 4 is 22.7 Å². The van der Waals surface area contributed by atoms with Gasteiger partial charge in [-0.25, -0.2) is 0 Å². The van der Waals surface area contributed by atoms with E-state index < -0.39 is 5.97 Å². The Morgan fingerprint density at radius 1 is 0.786 bits per heavy atom. The number of carbonyl (C=O) groups is 2. The van der Waals surface area contributed by atoms with Crippen molar-refractivity contribution in [3.63, 3.8) is 0 Å². The van der Waals surface area contributed by atoms with Crippen molar-refractivity contribution in [2.75, 3.05) is 0 Å². The van der Waals surface area contributed by atoms with Crippen LogP contribution in [0.3, 0.4) is 0 Å². The number of ketones is 1. The first-order chi connectivity index (χ1) is 13.7. The molecule has 2 aliphatic carbocycles. The number of benzene rings is 1. The van der Waals surface area contributed by atoms with Gasteiger partial charge in [-0.2, -0.15) is 0 Å². The largest absolute Gasteiger partial charge is 0.481 e. The Morgan fingerprint density at radius 3 is 1.89 bits per heavy atom. The summed E-state index contributed by atoms with van der Waals surface area (Å²) >= 11 is 0. The summed E-state index contributed by atoms with van der Waals surface area (Å²) in [4.78, 5) is 26.3. The van der Waals surface area contributed by atoms with Crippen LogP contribution in [0.15, 0.2) is 30.5 Å². The van der Waals surface area contributed by atoms with Crippen LogP contribution in [0.4, 0.5) is 0 Å². The van der Waals surface area contributed by atoms with Crippen LogP contribution in [0.25, 0.3) is 10.9 Å². The second-order valence-corrected chi connectivity index (χ2v) is 8.33. The van der Waals surface area contributed by atoms with Crippen LogP contribution in [0, 0.1) is 11.8 Å². The molecular formula is C24H33NO3. The molecule has 0 aliphatic heterocycles. The maximum atomic E-state index is 12.6. The van der Waals surface area contributed by atoms with Gasteiger partial charge in [0.2, 0.25) is 0 Å². The van der Waals surface area contributed by atoms with E-state index in [1.165, 1.54) is 38.5 Å². The van der Waals surface area contributed by atoms with E-state index in [0.717, 1.165) is 55.0 Å². The molecule has 1 aromatic heterocycles. The standard InChI is InChI=1S/C16H19NO.C8H14O2/c18-16(12-7-3-1-2-4-8-12)14-11-17-15-10-6-5-9-13(14)15;9-8(10)7-5-3-1-2-4-6-7/h5-6,9-12,17H,1-4,7-8H2;7H,1-6H2,(H,9,10). The maximum Gasteiger partial charge on any atom is 0.306 e. The number of para-hydroxylation sites is 1. The Labute approximate surface area is 167 Å². The Bertz CT molecular complexity index is 763. The second kappa shape index (κ2) is 10.4. The van der Waals surface area contributed by atoms with Gasteiger partial charge in [0, 0.05) is 28.6 Å². The Kier molecular flexibility index (Phi) is 7.70. The number of Topliss-reactive ketones (excluding diaryl/α,β-unsaturated/α-hetero) is 1. The third-order valence-corrected chi connectivity index (χ3v) is 6.29. The predicted molar refractivity (Wildman–Crippen MR) is 113 cm³/mol. The average molecular weight is 384 g/mol. The van der Waals surface area contributed by atoms with E-state index in [-0.39, 0.29) is 11.8 Å². The second-order valence-electron chi connectivity index (χ2n) is 8.33. The van der Waals surface area contributed by atoms with Crippen LogP contribution in [0.5, 0.6) is 0 Å². The maximum absolute atomic E-state index is 12.6. The minimum atomic E-state index is -0.595. The number of carboxylic acids is 1. The zero-order valence-corrected chi connectivity index (χ0v) is 16.8. The summed E-state index contributed by atoms with van der Waals surface area (Å²) in [5.74, 6) is -0.0505. The quantitative estimate of drug-likeness (QED) is 0.478. The number of fused-ring (bicyclic) bond motifs is 1. The number of rotatable bonds is 3. The summed E-state index contributed by atoms with van der Waals surface area (Å²) in [6.45, 7) is 0. The lowest BCUT2D eigenvalue weighted by atomic mass is 9.91. The van der Waals surface area contributed by atoms with Crippen molar-refractivity contribution in [2.24, 2.45) is 11.8 Å². The van der Waals surface area contributed by atoms with Crippen molar-refractivity contribution in [1.82, 2.24) is 4.98 Å². The first kappa shape index (κ1) is 20.6. The molecule has 0 atom stereocenters. The van der Waals surface area contributed by atoms with E-state index >= 15 is 0 Å². The number of carboxylic acid groups (broad SMARTS) is 1. The number of hydrogen-bond acceptors (Lipinski definition) is 2. The molecule has 4 rings (SSSR count). The van der Waals surface area contributed by atoms with Crippen LogP contribution in [0.1, 0.15) is 87.4 Å². The average Bonchev–Trinajstić information content (AvgIpc) is 2.91. The fourth-order valence-corrected chi connectivity index (χ4v) is 4.56. The molecule has 1 heterocycles. The molecule has 0 amide bonds. The van der Waals surface area contributed by atoms with E-state index in [1.807, 2.05) is 30.5 Å². The Hall–Kier alpha value is -2.10. The first-order valence-electron chi connectivity index (χ1n) is 11.0. The van der Waals surface area contributed by atoms with Crippen LogP contribution >= 0.6 is 0 Å². The molecule has 0 unspecified atom stereocenters. The first-order valence-corrected chi connectivity index (χ1v) is 11.0. The van der Waals surface area contributed by atoms with Crippen molar-refractivity contribution in [3.05, 3.63) is 36.0 Å². The molecule has 1 aromatic carbocycles. The number of H-pyrrole nitrogens is 1. The van der Waals surface area contributed by atoms with Gasteiger partial charge in [-0.15, -0.1) is 0 Å². The Balaban J connectivity index is 0.000000192. The normalized spacial score (nSPS) is 19.3. The molecule has 2 saturated carbocycles. The van der Waals surface area contributed by atoms with Crippen molar-refractivity contribution in [1.29, 1.82) is 0 Å². The minimum Gasteiger partial charge on any atom is -0.481 e. The van der Waals surface area contributed by atoms with Crippen LogP contribution in [-0.4, -0.2) is 21.8 Å². The van der Waals surface area contributed by atoms with Gasteiger partial charge >= 0.3 is 5.97 Å². The van der Waals surface area contributed by atoms with Crippen LogP contribution in [0.2, 0.25) is 0 Å². The lowest BCUT2D eigenvalue weighted by Crippen LogP contribution is -2.13. The summed E-state index contributed by atoms with van der Waals surface area (Å²) in [7, 11) is 0. The summed E-state index contributed by atoms with van der Waals surface area (Å²) in [6, 6.07) is 8.06. The molecule has 2 N–H and O–H groups in total. The predicted octanol–water partition coefficient (Wildman–Crippen LogP) is 6.36. The van der Waals surface area contributed by atoms with Crippen molar-refractivity contribution in [2.45, 2.75) is 77.0 Å². The van der Waals surface area contributed by atoms with Gasteiger partial charge in [-0.05, 0) is 31.7 Å². The molecule has 0 spiro atoms. The highest BCUT2D eigenvalue weighted by molar-refractivity contribution is 6.08. The minimum absolute atomic E-state index is 0.0394. The lowest BCUT2D eigenvalue weighted by Gasteiger charge is -2.11. The number of hydrogen-bond donors (Lipinski definition) is 2. The SMILES string of the molecule is O=C(O)C1CCCCCC1.O=C(c1c[nH]c2ccccc12)C1CCCCCC1. The Morgan fingerprint density at radius 2 is 1.32 bits per heavy atom. The molecule has 2 aromatic rings. The third kappa shape index (κ3) is 5.46. The molecule has 2 aliphatic rings. The lowest BCUT2D eigenvalue weighted by molar-refractivity contribution is -0.142. The molecule has 4 nitrogen and oxygen atoms in total. The van der Waals surface area contributed by atoms with E-state index in [4.69, 9.17) is 5.11 Å². The number of nitrogens with one attached hydrogen (secondary N) is 1. The molecule has 0 radical (unpaired) electrons. The van der Waals surface area contributed by atoms with E-state index in [2.05, 4.69) is 4.98 Å². The van der Waals surface area contributed by atoms with E-state index in [0.29, 0.717) is 5.78 Å². The number of aromatic amines is 1. The summed E-state index contributed by atoms with van der Waals surface area (Å²) < 4.78 is 0. The highest BCUT2D eigenvalue weighted by Gasteiger charge is 2.23. The molecule has 2 fully saturated rings. The summed E-state index contributed by atoms with van der Waals surface area (Å²) in [6.07, 6.45) is 15.5. The van der Waals surface area contributed by atoms with Crippen LogP contribution < -0.4 is 0 Å². The molecule has 152 valence electrons. The van der Waals surface area contributed by atoms with Gasteiger partial charge in [-0.3, -0.25) is 9.59 Å². The topological polar surface area (TPSA) is 70.2 Å². The van der Waals surface area contributed by atoms with Gasteiger partial charge in [-0.1, -0.05) is 69.6 Å². The van der Waals surface area contributed by atoms with Gasteiger partial charge in [0.25, 0.3) is 0 Å². The fraction of sp³-hybridized carbons (Fsp3) is 0.583. The van der Waals surface area contributed by atoms with Gasteiger partial charge in [0.1, 0.15) is 0 Å². The highest BCUT2D eigenvalue weighted by atomic mass is 16.4. The summed E-state index contributed by atoms with van der Waals surface area (Å²) in [5.41, 5.74) is 1.95. The fourth-order valence-electron chi connectivity index (χ4n) is 4.56. The molecule has 0 saturated heterocycles. The zero-order valence-electron chi connectivity index (χ0n) is 16.8. The smallest absolute Gasteiger partial charge is 0.306 e. The third-order valence-electron chi connectivity index (χ3n) is 6.29. The highest BCUT2D eigenvalue weighted by Crippen LogP contribution is 2.29. The van der Waals surface area contributed by atoms with Gasteiger partial charge < -0.3 is 10.1 Å². The van der Waals surface area contributed by atoms with E-state index in [9.17, 15) is 9.59 Å². The summed E-state index contributed by atoms with van der Waals surface area (Å²) in [5, 5.41) is 9.74. The molecule has 0 bridgehead atoms. The molecule has 4 heteroatoms. The van der Waals surface area contributed by atoms with Gasteiger partial charge in [0.15, 0.2) is 5.78 Å². The monoisotopic (exact) mass is 383 g/mol. The van der Waals surface area contributed by atoms with Crippen molar-refractivity contribution < 1.29 is 14.7 Å². The van der Waals surface area contributed by atoms with Gasteiger partial charge in [0.05, 0.1) is 5.92 Å². The number of aromatic nitrogens is 1. The zero-order chi connectivity index (χ0) is 19.8. The molecular weight excluding hydrogens is 350 g/mol. The van der Waals surface area contributed by atoms with Crippen molar-refractivity contribution in [3.8, 4) is 0 Å². The number of carbonyl (C=O) groups excluding carboxylic acids is 1.